The summed E-state index contributed by atoms with van der Waals surface area (Å²) in [6.45, 7) is 7.66. The Morgan fingerprint density at radius 1 is 1.07 bits per heavy atom. The zero-order valence-corrected chi connectivity index (χ0v) is 17.1. The molecule has 1 heterocycles. The van der Waals surface area contributed by atoms with Crippen molar-refractivity contribution in [3.05, 3.63) is 59.3 Å². The maximum absolute atomic E-state index is 13.2. The average molecular weight is 387 g/mol. The van der Waals surface area contributed by atoms with Crippen molar-refractivity contribution in [2.45, 2.75) is 77.5 Å². The first kappa shape index (κ1) is 20.6. The first-order valence-corrected chi connectivity index (χ1v) is 10.2. The van der Waals surface area contributed by atoms with Crippen molar-refractivity contribution in [2.24, 2.45) is 0 Å². The van der Waals surface area contributed by atoms with Crippen LogP contribution in [0.15, 0.2) is 40.8 Å². The summed E-state index contributed by atoms with van der Waals surface area (Å²) < 4.78 is 19.0. The summed E-state index contributed by atoms with van der Waals surface area (Å²) >= 11 is 0. The Labute approximate surface area is 167 Å². The van der Waals surface area contributed by atoms with Crippen molar-refractivity contribution in [1.82, 2.24) is 10.2 Å². The number of rotatable bonds is 6. The first-order chi connectivity index (χ1) is 13.3. The normalized spacial score (nSPS) is 15.8. The van der Waals surface area contributed by atoms with Crippen molar-refractivity contribution in [2.75, 3.05) is 0 Å². The van der Waals surface area contributed by atoms with Crippen LogP contribution in [-0.2, 0) is 13.1 Å². The number of nitrogens with zero attached hydrogens (tertiary/aromatic N) is 1. The maximum Gasteiger partial charge on any atom is 0.287 e. The summed E-state index contributed by atoms with van der Waals surface area (Å²) in [5.41, 5.74) is 0.934. The zero-order valence-electron chi connectivity index (χ0n) is 17.1. The van der Waals surface area contributed by atoms with Gasteiger partial charge in [0.1, 0.15) is 11.6 Å². The minimum absolute atomic E-state index is 0.105. The van der Waals surface area contributed by atoms with Gasteiger partial charge in [-0.25, -0.2) is 4.39 Å². The fourth-order valence-corrected chi connectivity index (χ4v) is 3.62. The summed E-state index contributed by atoms with van der Waals surface area (Å²) in [6.07, 6.45) is 5.72. The molecule has 1 fully saturated rings. The van der Waals surface area contributed by atoms with Gasteiger partial charge < -0.3 is 9.73 Å². The van der Waals surface area contributed by atoms with Gasteiger partial charge in [-0.05, 0) is 63.4 Å². The summed E-state index contributed by atoms with van der Waals surface area (Å²) in [6, 6.07) is 10.5. The average Bonchev–Trinajstić information content (AvgIpc) is 3.12. The molecule has 1 N–H and O–H groups in total. The summed E-state index contributed by atoms with van der Waals surface area (Å²) in [7, 11) is 0. The van der Waals surface area contributed by atoms with Crippen LogP contribution in [0.3, 0.4) is 0 Å². The van der Waals surface area contributed by atoms with Gasteiger partial charge in [-0.15, -0.1) is 0 Å². The van der Waals surface area contributed by atoms with Gasteiger partial charge in [0.25, 0.3) is 5.91 Å². The molecule has 4 nitrogen and oxygen atoms in total. The summed E-state index contributed by atoms with van der Waals surface area (Å²) in [5.74, 6) is 0.770. The Hall–Kier alpha value is -2.14. The van der Waals surface area contributed by atoms with Crippen molar-refractivity contribution in [3.63, 3.8) is 0 Å². The summed E-state index contributed by atoms with van der Waals surface area (Å²) in [5, 5.41) is 3.10. The van der Waals surface area contributed by atoms with E-state index in [2.05, 4.69) is 31.0 Å². The lowest BCUT2D eigenvalue weighted by Gasteiger charge is -2.35. The molecule has 0 radical (unpaired) electrons. The van der Waals surface area contributed by atoms with Crippen LogP contribution >= 0.6 is 0 Å². The molecule has 1 saturated carbocycles. The Morgan fingerprint density at radius 2 is 1.75 bits per heavy atom. The Morgan fingerprint density at radius 3 is 2.39 bits per heavy atom. The molecule has 1 aromatic heterocycles. The molecule has 1 aromatic carbocycles. The van der Waals surface area contributed by atoms with E-state index in [4.69, 9.17) is 4.42 Å². The molecule has 0 saturated heterocycles. The lowest BCUT2D eigenvalue weighted by atomic mass is 9.95. The molecule has 152 valence electrons. The molecule has 5 heteroatoms. The molecular formula is C23H31FN2O2. The number of nitrogens with one attached hydrogen (secondary N) is 1. The molecule has 0 bridgehead atoms. The third-order valence-electron chi connectivity index (χ3n) is 5.41. The molecule has 1 aliphatic carbocycles. The second-order valence-corrected chi connectivity index (χ2v) is 8.73. The molecule has 1 amide bonds. The van der Waals surface area contributed by atoms with Gasteiger partial charge in [-0.2, -0.15) is 0 Å². The topological polar surface area (TPSA) is 45.5 Å². The van der Waals surface area contributed by atoms with Gasteiger partial charge in [-0.1, -0.05) is 31.4 Å². The second-order valence-electron chi connectivity index (χ2n) is 8.73. The van der Waals surface area contributed by atoms with Gasteiger partial charge in [-0.3, -0.25) is 9.69 Å². The summed E-state index contributed by atoms with van der Waals surface area (Å²) in [4.78, 5) is 14.7. The number of carbonyl (C=O) groups is 1. The highest BCUT2D eigenvalue weighted by molar-refractivity contribution is 5.91. The van der Waals surface area contributed by atoms with E-state index in [1.54, 1.807) is 18.2 Å². The van der Waals surface area contributed by atoms with E-state index >= 15 is 0 Å². The van der Waals surface area contributed by atoms with Crippen molar-refractivity contribution in [3.8, 4) is 0 Å². The fraction of sp³-hybridized carbons (Fsp3) is 0.522. The molecule has 3 rings (SSSR count). The molecule has 0 unspecified atom stereocenters. The van der Waals surface area contributed by atoms with E-state index in [1.165, 1.54) is 31.4 Å². The molecule has 0 aliphatic heterocycles. The first-order valence-electron chi connectivity index (χ1n) is 10.2. The van der Waals surface area contributed by atoms with Crippen LogP contribution in [-0.4, -0.2) is 22.4 Å². The van der Waals surface area contributed by atoms with E-state index in [9.17, 15) is 9.18 Å². The van der Waals surface area contributed by atoms with Crippen LogP contribution in [0.25, 0.3) is 0 Å². The highest BCUT2D eigenvalue weighted by Crippen LogP contribution is 2.23. The van der Waals surface area contributed by atoms with Crippen LogP contribution in [0.2, 0.25) is 0 Å². The largest absolute Gasteiger partial charge is 0.455 e. The van der Waals surface area contributed by atoms with Crippen molar-refractivity contribution >= 4 is 5.91 Å². The Balaban J connectivity index is 1.64. The van der Waals surface area contributed by atoms with Crippen LogP contribution in [0.1, 0.15) is 74.8 Å². The molecule has 28 heavy (non-hydrogen) atoms. The number of halogens is 1. The predicted molar refractivity (Wildman–Crippen MR) is 108 cm³/mol. The third-order valence-corrected chi connectivity index (χ3v) is 5.41. The minimum Gasteiger partial charge on any atom is -0.455 e. The van der Waals surface area contributed by atoms with Gasteiger partial charge >= 0.3 is 0 Å². The number of hydrogen-bond acceptors (Lipinski definition) is 3. The van der Waals surface area contributed by atoms with E-state index in [0.29, 0.717) is 18.8 Å². The van der Waals surface area contributed by atoms with Crippen LogP contribution < -0.4 is 5.32 Å². The molecule has 0 spiro atoms. The monoisotopic (exact) mass is 386 g/mol. The SMILES string of the molecule is CC(C)(C)N(Cc1ccc(F)cc1)Cc1ccc(C(=O)NC2CCCCC2)o1. The van der Waals surface area contributed by atoms with Crippen LogP contribution in [0.5, 0.6) is 0 Å². The lowest BCUT2D eigenvalue weighted by Crippen LogP contribution is -2.40. The fourth-order valence-electron chi connectivity index (χ4n) is 3.62. The molecular weight excluding hydrogens is 355 g/mol. The minimum atomic E-state index is -0.231. The predicted octanol–water partition coefficient (Wildman–Crippen LogP) is 5.28. The van der Waals surface area contributed by atoms with Gasteiger partial charge in [0.2, 0.25) is 0 Å². The highest BCUT2D eigenvalue weighted by atomic mass is 19.1. The third kappa shape index (κ3) is 5.68. The molecule has 0 atom stereocenters. The number of hydrogen-bond donors (Lipinski definition) is 1. The van der Waals surface area contributed by atoms with E-state index in [1.807, 2.05) is 6.07 Å². The number of furan rings is 1. The van der Waals surface area contributed by atoms with Gasteiger partial charge in [0.15, 0.2) is 5.76 Å². The number of carbonyl (C=O) groups excluding carboxylic acids is 1. The Kier molecular flexibility index (Phi) is 6.55. The number of benzene rings is 1. The van der Waals surface area contributed by atoms with Crippen LogP contribution in [0.4, 0.5) is 4.39 Å². The van der Waals surface area contributed by atoms with Crippen molar-refractivity contribution < 1.29 is 13.6 Å². The zero-order chi connectivity index (χ0) is 20.1. The smallest absolute Gasteiger partial charge is 0.287 e. The van der Waals surface area contributed by atoms with Gasteiger partial charge in [0.05, 0.1) is 6.54 Å². The lowest BCUT2D eigenvalue weighted by molar-refractivity contribution is 0.0882. The van der Waals surface area contributed by atoms with E-state index in [0.717, 1.165) is 24.2 Å². The molecule has 1 aliphatic rings. The van der Waals surface area contributed by atoms with Gasteiger partial charge in [0, 0.05) is 18.1 Å². The molecule has 2 aromatic rings. The number of amides is 1. The quantitative estimate of drug-likeness (QED) is 0.734. The Bertz CT molecular complexity index is 771. The standard InChI is InChI=1S/C23H31FN2O2/c1-23(2,3)26(15-17-9-11-18(24)12-10-17)16-20-13-14-21(28-20)22(27)25-19-7-5-4-6-8-19/h9-14,19H,4-8,15-16H2,1-3H3,(H,25,27). The van der Waals surface area contributed by atoms with E-state index < -0.39 is 0 Å². The van der Waals surface area contributed by atoms with Crippen LogP contribution in [0, 0.1) is 5.82 Å². The second kappa shape index (κ2) is 8.91. The maximum atomic E-state index is 13.2. The van der Waals surface area contributed by atoms with Crippen molar-refractivity contribution in [1.29, 1.82) is 0 Å². The highest BCUT2D eigenvalue weighted by Gasteiger charge is 2.24. The van der Waals surface area contributed by atoms with E-state index in [-0.39, 0.29) is 23.3 Å².